The molecular formula is C16H16Cl2N2O3. The predicted molar refractivity (Wildman–Crippen MR) is 91.9 cm³/mol. The van der Waals surface area contributed by atoms with Gasteiger partial charge in [0.1, 0.15) is 0 Å². The summed E-state index contributed by atoms with van der Waals surface area (Å²) in [7, 11) is 3.11. The third-order valence-corrected chi connectivity index (χ3v) is 3.65. The lowest BCUT2D eigenvalue weighted by molar-refractivity contribution is 0.251. The summed E-state index contributed by atoms with van der Waals surface area (Å²) in [4.78, 5) is 12.0. The van der Waals surface area contributed by atoms with Crippen LogP contribution in [0.3, 0.4) is 0 Å². The van der Waals surface area contributed by atoms with Gasteiger partial charge in [0.2, 0.25) is 0 Å². The van der Waals surface area contributed by atoms with Crippen LogP contribution in [0.1, 0.15) is 5.56 Å². The maximum Gasteiger partial charge on any atom is 0.319 e. The van der Waals surface area contributed by atoms with E-state index < -0.39 is 0 Å². The Morgan fingerprint density at radius 2 is 1.91 bits per heavy atom. The standard InChI is InChI=1S/C16H16Cl2N2O3/c1-22-14-5-3-4-10(15(14)23-2)9-19-16(21)20-13-7-6-11(17)8-12(13)18/h3-8H,9H2,1-2H3,(H2,19,20,21). The van der Waals surface area contributed by atoms with Gasteiger partial charge in [0.15, 0.2) is 11.5 Å². The average Bonchev–Trinajstić information content (AvgIpc) is 2.55. The van der Waals surface area contributed by atoms with Gasteiger partial charge in [0, 0.05) is 17.1 Å². The van der Waals surface area contributed by atoms with Crippen molar-refractivity contribution in [2.75, 3.05) is 19.5 Å². The lowest BCUT2D eigenvalue weighted by atomic mass is 10.2. The zero-order valence-electron chi connectivity index (χ0n) is 12.7. The Bertz CT molecular complexity index is 708. The van der Waals surface area contributed by atoms with Crippen molar-refractivity contribution in [2.24, 2.45) is 0 Å². The van der Waals surface area contributed by atoms with E-state index in [1.165, 1.54) is 0 Å². The van der Waals surface area contributed by atoms with E-state index in [-0.39, 0.29) is 12.6 Å². The van der Waals surface area contributed by atoms with Gasteiger partial charge in [-0.1, -0.05) is 35.3 Å². The Morgan fingerprint density at radius 3 is 2.57 bits per heavy atom. The molecule has 0 aliphatic heterocycles. The first-order valence-electron chi connectivity index (χ1n) is 6.75. The summed E-state index contributed by atoms with van der Waals surface area (Å²) in [5.74, 6) is 1.19. The molecule has 0 saturated heterocycles. The quantitative estimate of drug-likeness (QED) is 0.839. The van der Waals surface area contributed by atoms with Gasteiger partial charge in [-0.25, -0.2) is 4.79 Å². The van der Waals surface area contributed by atoms with Crippen molar-refractivity contribution in [3.63, 3.8) is 0 Å². The molecule has 0 atom stereocenters. The first-order valence-corrected chi connectivity index (χ1v) is 7.50. The molecule has 0 radical (unpaired) electrons. The van der Waals surface area contributed by atoms with E-state index in [9.17, 15) is 4.79 Å². The van der Waals surface area contributed by atoms with Gasteiger partial charge in [0.05, 0.1) is 24.9 Å². The molecule has 0 fully saturated rings. The second-order valence-corrected chi connectivity index (χ2v) is 5.43. The fourth-order valence-electron chi connectivity index (χ4n) is 2.03. The molecule has 0 heterocycles. The Hall–Kier alpha value is -2.11. The zero-order chi connectivity index (χ0) is 16.8. The number of amides is 2. The number of hydrogen-bond donors (Lipinski definition) is 2. The molecule has 122 valence electrons. The summed E-state index contributed by atoms with van der Waals surface area (Å²) in [6.07, 6.45) is 0. The number of ether oxygens (including phenoxy) is 2. The third kappa shape index (κ3) is 4.43. The zero-order valence-corrected chi connectivity index (χ0v) is 14.2. The van der Waals surface area contributed by atoms with E-state index in [1.807, 2.05) is 12.1 Å². The van der Waals surface area contributed by atoms with E-state index in [0.29, 0.717) is 27.2 Å². The van der Waals surface area contributed by atoms with E-state index >= 15 is 0 Å². The minimum atomic E-state index is -0.390. The molecule has 2 aromatic rings. The SMILES string of the molecule is COc1cccc(CNC(=O)Nc2ccc(Cl)cc2Cl)c1OC. The van der Waals surface area contributed by atoms with Crippen molar-refractivity contribution in [1.82, 2.24) is 5.32 Å². The fraction of sp³-hybridized carbons (Fsp3) is 0.188. The highest BCUT2D eigenvalue weighted by molar-refractivity contribution is 6.36. The van der Waals surface area contributed by atoms with Crippen LogP contribution in [0.25, 0.3) is 0 Å². The highest BCUT2D eigenvalue weighted by atomic mass is 35.5. The van der Waals surface area contributed by atoms with Crippen molar-refractivity contribution in [3.8, 4) is 11.5 Å². The molecule has 2 rings (SSSR count). The van der Waals surface area contributed by atoms with Gasteiger partial charge in [-0.15, -0.1) is 0 Å². The van der Waals surface area contributed by atoms with Crippen molar-refractivity contribution >= 4 is 34.9 Å². The van der Waals surface area contributed by atoms with Crippen LogP contribution < -0.4 is 20.1 Å². The highest BCUT2D eigenvalue weighted by Crippen LogP contribution is 2.30. The van der Waals surface area contributed by atoms with Gasteiger partial charge < -0.3 is 20.1 Å². The molecule has 7 heteroatoms. The number of nitrogens with one attached hydrogen (secondary N) is 2. The number of halogens is 2. The van der Waals surface area contributed by atoms with Gasteiger partial charge >= 0.3 is 6.03 Å². The smallest absolute Gasteiger partial charge is 0.319 e. The maximum absolute atomic E-state index is 12.0. The molecule has 0 aliphatic carbocycles. The van der Waals surface area contributed by atoms with E-state index in [1.54, 1.807) is 38.5 Å². The Labute approximate surface area is 144 Å². The van der Waals surface area contributed by atoms with Crippen LogP contribution in [0.2, 0.25) is 10.0 Å². The van der Waals surface area contributed by atoms with Crippen molar-refractivity contribution in [3.05, 3.63) is 52.0 Å². The normalized spacial score (nSPS) is 10.1. The average molecular weight is 355 g/mol. The highest BCUT2D eigenvalue weighted by Gasteiger charge is 2.11. The number of hydrogen-bond acceptors (Lipinski definition) is 3. The predicted octanol–water partition coefficient (Wildman–Crippen LogP) is 4.33. The lowest BCUT2D eigenvalue weighted by Gasteiger charge is -2.14. The van der Waals surface area contributed by atoms with E-state index in [2.05, 4.69) is 10.6 Å². The van der Waals surface area contributed by atoms with E-state index in [4.69, 9.17) is 32.7 Å². The van der Waals surface area contributed by atoms with Gasteiger partial charge in [0.25, 0.3) is 0 Å². The monoisotopic (exact) mass is 354 g/mol. The van der Waals surface area contributed by atoms with Crippen LogP contribution in [-0.4, -0.2) is 20.3 Å². The number of methoxy groups -OCH3 is 2. The molecule has 2 amide bonds. The van der Waals surface area contributed by atoms with Gasteiger partial charge in [-0.3, -0.25) is 0 Å². The molecule has 5 nitrogen and oxygen atoms in total. The van der Waals surface area contributed by atoms with Crippen LogP contribution in [0.15, 0.2) is 36.4 Å². The summed E-state index contributed by atoms with van der Waals surface area (Å²) in [5, 5.41) is 6.27. The molecule has 0 saturated carbocycles. The lowest BCUT2D eigenvalue weighted by Crippen LogP contribution is -2.28. The Balaban J connectivity index is 2.02. The number of carbonyl (C=O) groups excluding carboxylic acids is 1. The molecule has 0 aromatic heterocycles. The van der Waals surface area contributed by atoms with Gasteiger partial charge in [-0.2, -0.15) is 0 Å². The maximum atomic E-state index is 12.0. The van der Waals surface area contributed by atoms with Crippen LogP contribution in [0.4, 0.5) is 10.5 Å². The second-order valence-electron chi connectivity index (χ2n) is 4.58. The summed E-state index contributed by atoms with van der Waals surface area (Å²) in [6, 6.07) is 9.91. The Kier molecular flexibility index (Phi) is 5.96. The summed E-state index contributed by atoms with van der Waals surface area (Å²) < 4.78 is 10.5. The molecular weight excluding hydrogens is 339 g/mol. The van der Waals surface area contributed by atoms with Crippen LogP contribution in [0, 0.1) is 0 Å². The number of para-hydroxylation sites is 1. The van der Waals surface area contributed by atoms with Crippen LogP contribution in [0.5, 0.6) is 11.5 Å². The third-order valence-electron chi connectivity index (χ3n) is 3.10. The molecule has 0 unspecified atom stereocenters. The first-order chi connectivity index (χ1) is 11.0. The van der Waals surface area contributed by atoms with E-state index in [0.717, 1.165) is 5.56 Å². The van der Waals surface area contributed by atoms with Crippen molar-refractivity contribution in [1.29, 1.82) is 0 Å². The van der Waals surface area contributed by atoms with Crippen molar-refractivity contribution in [2.45, 2.75) is 6.54 Å². The largest absolute Gasteiger partial charge is 0.493 e. The minimum Gasteiger partial charge on any atom is -0.493 e. The van der Waals surface area contributed by atoms with Crippen LogP contribution >= 0.6 is 23.2 Å². The van der Waals surface area contributed by atoms with Gasteiger partial charge in [-0.05, 0) is 24.3 Å². The topological polar surface area (TPSA) is 59.6 Å². The minimum absolute atomic E-state index is 0.275. The molecule has 0 spiro atoms. The number of anilines is 1. The number of carbonyl (C=O) groups is 1. The molecule has 0 aliphatic rings. The van der Waals surface area contributed by atoms with Crippen LogP contribution in [-0.2, 0) is 6.54 Å². The molecule has 2 aromatic carbocycles. The number of benzene rings is 2. The summed E-state index contributed by atoms with van der Waals surface area (Å²) in [5.41, 5.74) is 1.27. The van der Waals surface area contributed by atoms with Crippen molar-refractivity contribution < 1.29 is 14.3 Å². The molecule has 0 bridgehead atoms. The number of rotatable bonds is 5. The second kappa shape index (κ2) is 7.94. The summed E-state index contributed by atoms with van der Waals surface area (Å²) >= 11 is 11.8. The molecule has 2 N–H and O–H groups in total. The Morgan fingerprint density at radius 1 is 1.13 bits per heavy atom. The summed E-state index contributed by atoms with van der Waals surface area (Å²) in [6.45, 7) is 0.275. The first kappa shape index (κ1) is 17.2. The fourth-order valence-corrected chi connectivity index (χ4v) is 2.48. The number of urea groups is 1. The molecule has 23 heavy (non-hydrogen) atoms.